The molecule has 2 N–H and O–H groups in total. The summed E-state index contributed by atoms with van der Waals surface area (Å²) in [6.07, 6.45) is 1.50. The van der Waals surface area contributed by atoms with E-state index in [4.69, 9.17) is 15.3 Å². The van der Waals surface area contributed by atoms with Crippen molar-refractivity contribution in [3.63, 3.8) is 0 Å². The van der Waals surface area contributed by atoms with E-state index in [0.717, 1.165) is 16.7 Å². The summed E-state index contributed by atoms with van der Waals surface area (Å²) in [6, 6.07) is 10.1. The van der Waals surface area contributed by atoms with Crippen LogP contribution in [0.25, 0.3) is 0 Å². The van der Waals surface area contributed by atoms with Gasteiger partial charge in [-0.25, -0.2) is 0 Å². The number of ether oxygens (including phenoxy) is 2. The van der Waals surface area contributed by atoms with Gasteiger partial charge in [0.2, 0.25) is 0 Å². The highest BCUT2D eigenvalue weighted by Crippen LogP contribution is 2.29. The quantitative estimate of drug-likeness (QED) is 0.382. The maximum atomic E-state index is 11.1. The molecule has 0 radical (unpaired) electrons. The average molecular weight is 315 g/mol. The molecule has 2 aromatic carbocycles. The lowest BCUT2D eigenvalue weighted by molar-refractivity contribution is -0.386. The number of nitrogens with zero attached hydrogens (tertiary/aromatic N) is 2. The maximum absolute atomic E-state index is 11.1. The zero-order valence-electron chi connectivity index (χ0n) is 12.9. The second-order valence-corrected chi connectivity index (χ2v) is 4.87. The fourth-order valence-electron chi connectivity index (χ4n) is 2.12. The first kappa shape index (κ1) is 16.3. The standard InChI is InChI=1S/C16H17N3O4/c1-11-3-5-14(19(20)21)16(7-11)23-10-13-8-12(9-18-17)4-6-15(13)22-2/h3-9H,10,17H2,1-2H3. The molecule has 0 saturated carbocycles. The number of nitro benzene ring substituents is 1. The van der Waals surface area contributed by atoms with E-state index in [9.17, 15) is 10.1 Å². The van der Waals surface area contributed by atoms with Crippen molar-refractivity contribution < 1.29 is 14.4 Å². The Hall–Kier alpha value is -3.09. The van der Waals surface area contributed by atoms with E-state index >= 15 is 0 Å². The monoisotopic (exact) mass is 315 g/mol. The normalized spacial score (nSPS) is 10.7. The predicted octanol–water partition coefficient (Wildman–Crippen LogP) is 2.78. The van der Waals surface area contributed by atoms with Crippen LogP contribution in [0.15, 0.2) is 41.5 Å². The van der Waals surface area contributed by atoms with E-state index in [1.165, 1.54) is 12.3 Å². The van der Waals surface area contributed by atoms with Crippen molar-refractivity contribution in [2.75, 3.05) is 7.11 Å². The zero-order valence-corrected chi connectivity index (χ0v) is 12.9. The van der Waals surface area contributed by atoms with Gasteiger partial charge in [-0.05, 0) is 42.3 Å². The summed E-state index contributed by atoms with van der Waals surface area (Å²) in [7, 11) is 1.55. The van der Waals surface area contributed by atoms with Gasteiger partial charge >= 0.3 is 5.69 Å². The Morgan fingerprint density at radius 1 is 1.26 bits per heavy atom. The predicted molar refractivity (Wildman–Crippen MR) is 86.9 cm³/mol. The summed E-state index contributed by atoms with van der Waals surface area (Å²) >= 11 is 0. The first-order valence-electron chi connectivity index (χ1n) is 6.83. The van der Waals surface area contributed by atoms with Crippen LogP contribution in [0, 0.1) is 17.0 Å². The Bertz CT molecular complexity index is 744. The SMILES string of the molecule is COc1ccc(C=NN)cc1COc1cc(C)ccc1[N+](=O)[O-]. The number of benzene rings is 2. The Morgan fingerprint density at radius 2 is 2.04 bits per heavy atom. The Balaban J connectivity index is 2.28. The van der Waals surface area contributed by atoms with Gasteiger partial charge < -0.3 is 15.3 Å². The van der Waals surface area contributed by atoms with Crippen LogP contribution in [-0.2, 0) is 6.61 Å². The van der Waals surface area contributed by atoms with Crippen LogP contribution in [-0.4, -0.2) is 18.2 Å². The van der Waals surface area contributed by atoms with Gasteiger partial charge in [-0.15, -0.1) is 0 Å². The van der Waals surface area contributed by atoms with E-state index in [0.29, 0.717) is 5.75 Å². The van der Waals surface area contributed by atoms with Gasteiger partial charge in [-0.3, -0.25) is 10.1 Å². The summed E-state index contributed by atoms with van der Waals surface area (Å²) in [5, 5.41) is 14.6. The largest absolute Gasteiger partial charge is 0.496 e. The molecule has 2 aromatic rings. The highest BCUT2D eigenvalue weighted by atomic mass is 16.6. The molecule has 0 atom stereocenters. The smallest absolute Gasteiger partial charge is 0.310 e. The molecule has 0 aliphatic rings. The molecule has 0 fully saturated rings. The summed E-state index contributed by atoms with van der Waals surface area (Å²) in [5.41, 5.74) is 2.32. The van der Waals surface area contributed by atoms with Crippen molar-refractivity contribution in [2.24, 2.45) is 10.9 Å². The Kier molecular flexibility index (Phi) is 5.14. The van der Waals surface area contributed by atoms with Gasteiger partial charge in [0.05, 0.1) is 18.2 Å². The van der Waals surface area contributed by atoms with Gasteiger partial charge in [-0.1, -0.05) is 6.07 Å². The van der Waals surface area contributed by atoms with E-state index in [1.54, 1.807) is 37.4 Å². The van der Waals surface area contributed by atoms with Crippen LogP contribution < -0.4 is 15.3 Å². The lowest BCUT2D eigenvalue weighted by Gasteiger charge is -2.11. The molecule has 0 aliphatic carbocycles. The first-order chi connectivity index (χ1) is 11.0. The van der Waals surface area contributed by atoms with Gasteiger partial charge in [-0.2, -0.15) is 5.10 Å². The molecule has 7 nitrogen and oxygen atoms in total. The van der Waals surface area contributed by atoms with E-state index < -0.39 is 4.92 Å². The number of nitrogens with two attached hydrogens (primary N) is 1. The third kappa shape index (κ3) is 3.97. The summed E-state index contributed by atoms with van der Waals surface area (Å²) in [5.74, 6) is 5.99. The molecule has 2 rings (SSSR count). The first-order valence-corrected chi connectivity index (χ1v) is 6.83. The number of hydrogen-bond acceptors (Lipinski definition) is 6. The highest BCUT2D eigenvalue weighted by molar-refractivity contribution is 5.80. The van der Waals surface area contributed by atoms with Crippen LogP contribution in [0.5, 0.6) is 11.5 Å². The Morgan fingerprint density at radius 3 is 2.70 bits per heavy atom. The molecule has 7 heteroatoms. The van der Waals surface area contributed by atoms with E-state index in [2.05, 4.69) is 5.10 Å². The number of rotatable bonds is 6. The number of methoxy groups -OCH3 is 1. The molecule has 0 aliphatic heterocycles. The van der Waals surface area contributed by atoms with Crippen molar-refractivity contribution in [3.8, 4) is 11.5 Å². The minimum Gasteiger partial charge on any atom is -0.496 e. The second-order valence-electron chi connectivity index (χ2n) is 4.87. The Labute approximate surface area is 133 Å². The number of hydrazone groups is 1. The summed E-state index contributed by atoms with van der Waals surface area (Å²) < 4.78 is 10.9. The molecule has 0 aromatic heterocycles. The fraction of sp³-hybridized carbons (Fsp3) is 0.188. The van der Waals surface area contributed by atoms with Gasteiger partial charge in [0, 0.05) is 11.6 Å². The van der Waals surface area contributed by atoms with Crippen LogP contribution in [0.3, 0.4) is 0 Å². The number of aryl methyl sites for hydroxylation is 1. The van der Waals surface area contributed by atoms with Gasteiger partial charge in [0.1, 0.15) is 12.4 Å². The summed E-state index contributed by atoms with van der Waals surface area (Å²) in [6.45, 7) is 1.97. The van der Waals surface area contributed by atoms with E-state index in [1.807, 2.05) is 6.92 Å². The number of hydrogen-bond donors (Lipinski definition) is 1. The van der Waals surface area contributed by atoms with Crippen molar-refractivity contribution in [1.29, 1.82) is 0 Å². The molecule has 0 bridgehead atoms. The molecule has 0 unspecified atom stereocenters. The third-order valence-corrected chi connectivity index (χ3v) is 3.22. The molecule has 0 heterocycles. The zero-order chi connectivity index (χ0) is 16.8. The lowest BCUT2D eigenvalue weighted by atomic mass is 10.1. The van der Waals surface area contributed by atoms with Crippen LogP contribution in [0.1, 0.15) is 16.7 Å². The third-order valence-electron chi connectivity index (χ3n) is 3.22. The molecule has 0 amide bonds. The van der Waals surface area contributed by atoms with Crippen molar-refractivity contribution in [3.05, 3.63) is 63.2 Å². The fourth-order valence-corrected chi connectivity index (χ4v) is 2.12. The molecule has 0 spiro atoms. The molecular weight excluding hydrogens is 298 g/mol. The minimum absolute atomic E-state index is 0.0748. The molecule has 23 heavy (non-hydrogen) atoms. The van der Waals surface area contributed by atoms with Crippen molar-refractivity contribution >= 4 is 11.9 Å². The second kappa shape index (κ2) is 7.26. The van der Waals surface area contributed by atoms with Gasteiger partial charge in [0.25, 0.3) is 0 Å². The number of nitro groups is 1. The minimum atomic E-state index is -0.469. The van der Waals surface area contributed by atoms with Crippen LogP contribution in [0.4, 0.5) is 5.69 Å². The van der Waals surface area contributed by atoms with Crippen molar-refractivity contribution in [1.82, 2.24) is 0 Å². The van der Waals surface area contributed by atoms with Gasteiger partial charge in [0.15, 0.2) is 5.75 Å². The maximum Gasteiger partial charge on any atom is 0.310 e. The topological polar surface area (TPSA) is 100.0 Å². The highest BCUT2D eigenvalue weighted by Gasteiger charge is 2.15. The van der Waals surface area contributed by atoms with E-state index in [-0.39, 0.29) is 18.0 Å². The van der Waals surface area contributed by atoms with Crippen LogP contribution in [0.2, 0.25) is 0 Å². The lowest BCUT2D eigenvalue weighted by Crippen LogP contribution is -2.02. The molecule has 0 saturated heterocycles. The van der Waals surface area contributed by atoms with Crippen molar-refractivity contribution in [2.45, 2.75) is 13.5 Å². The van der Waals surface area contributed by atoms with Crippen LogP contribution >= 0.6 is 0 Å². The molecule has 120 valence electrons. The summed E-state index contributed by atoms with van der Waals surface area (Å²) in [4.78, 5) is 10.6. The molecular formula is C16H17N3O4. The average Bonchev–Trinajstić information content (AvgIpc) is 2.53.